The Balaban J connectivity index is 1.55. The van der Waals surface area contributed by atoms with Gasteiger partial charge in [-0.2, -0.15) is 9.78 Å². The summed E-state index contributed by atoms with van der Waals surface area (Å²) in [4.78, 5) is 18.8. The van der Waals surface area contributed by atoms with Gasteiger partial charge in [0.25, 0.3) is 0 Å². The molecule has 0 spiro atoms. The Morgan fingerprint density at radius 3 is 2.41 bits per heavy atom. The van der Waals surface area contributed by atoms with Crippen LogP contribution in [0.1, 0.15) is 0 Å². The van der Waals surface area contributed by atoms with Crippen molar-refractivity contribution in [1.29, 1.82) is 0 Å². The van der Waals surface area contributed by atoms with E-state index in [9.17, 15) is 14.3 Å². The van der Waals surface area contributed by atoms with Crippen LogP contribution in [-0.2, 0) is 7.05 Å². The van der Waals surface area contributed by atoms with Crippen molar-refractivity contribution in [1.82, 2.24) is 24.6 Å². The second kappa shape index (κ2) is 8.92. The summed E-state index contributed by atoms with van der Waals surface area (Å²) in [5.74, 6) is 0.208. The van der Waals surface area contributed by atoms with Gasteiger partial charge >= 0.3 is 5.69 Å². The Morgan fingerprint density at radius 1 is 1.06 bits per heavy atom. The number of pyridine rings is 1. The third kappa shape index (κ3) is 4.04. The SMILES string of the molecule is Cn1cnn(-c2ccc(-c3cc(F)cc(-c4ccnc(N5CCNCC5)c4)c3O)cc2Cl)c1=O. The van der Waals surface area contributed by atoms with Gasteiger partial charge in [-0.05, 0) is 47.5 Å². The molecule has 0 unspecified atom stereocenters. The third-order valence-corrected chi connectivity index (χ3v) is 6.19. The molecule has 34 heavy (non-hydrogen) atoms. The maximum Gasteiger partial charge on any atom is 0.350 e. The standard InChI is InChI=1S/C24H22ClFN6O2/c1-30-14-29-32(24(30)34)21-3-2-15(10-20(21)25)18-12-17(26)13-19(23(18)33)16-4-5-28-22(11-16)31-8-6-27-7-9-31/h2-5,10-14,27,33H,6-9H2,1H3. The Hall–Kier alpha value is -3.69. The number of anilines is 1. The highest BCUT2D eigenvalue weighted by Gasteiger charge is 2.18. The predicted octanol–water partition coefficient (Wildman–Crippen LogP) is 3.21. The summed E-state index contributed by atoms with van der Waals surface area (Å²) in [5, 5.41) is 18.7. The minimum absolute atomic E-state index is 0.0716. The van der Waals surface area contributed by atoms with E-state index in [1.54, 1.807) is 37.5 Å². The van der Waals surface area contributed by atoms with Gasteiger partial charge in [0.1, 0.15) is 23.7 Å². The summed E-state index contributed by atoms with van der Waals surface area (Å²) < 4.78 is 17.2. The fourth-order valence-electron chi connectivity index (χ4n) is 4.08. The highest BCUT2D eigenvalue weighted by atomic mass is 35.5. The van der Waals surface area contributed by atoms with Crippen LogP contribution in [0.2, 0.25) is 5.02 Å². The lowest BCUT2D eigenvalue weighted by molar-refractivity contribution is 0.477. The van der Waals surface area contributed by atoms with Crippen LogP contribution in [0.15, 0.2) is 59.8 Å². The molecule has 5 rings (SSSR count). The van der Waals surface area contributed by atoms with E-state index in [0.29, 0.717) is 22.4 Å². The molecule has 4 aromatic rings. The first-order valence-electron chi connectivity index (χ1n) is 10.8. The number of nitrogens with zero attached hydrogens (tertiary/aromatic N) is 5. The normalized spacial score (nSPS) is 13.9. The molecule has 1 fully saturated rings. The zero-order valence-corrected chi connectivity index (χ0v) is 19.1. The second-order valence-corrected chi connectivity index (χ2v) is 8.50. The molecule has 0 aliphatic carbocycles. The van der Waals surface area contributed by atoms with Gasteiger partial charge < -0.3 is 15.3 Å². The molecule has 2 N–H and O–H groups in total. The number of hydrogen-bond acceptors (Lipinski definition) is 6. The van der Waals surface area contributed by atoms with Crippen molar-refractivity contribution in [3.8, 4) is 33.7 Å². The topological polar surface area (TPSA) is 88.2 Å². The molecule has 10 heteroatoms. The van der Waals surface area contributed by atoms with Gasteiger partial charge in [-0.25, -0.2) is 14.2 Å². The molecule has 174 valence electrons. The number of hydrogen-bond donors (Lipinski definition) is 2. The summed E-state index contributed by atoms with van der Waals surface area (Å²) in [6.45, 7) is 3.37. The van der Waals surface area contributed by atoms with Gasteiger partial charge in [0.2, 0.25) is 0 Å². The number of phenolic OH excluding ortho intramolecular Hbond substituents is 1. The van der Waals surface area contributed by atoms with E-state index in [2.05, 4.69) is 20.3 Å². The molecule has 0 saturated carbocycles. The number of halogens is 2. The van der Waals surface area contributed by atoms with Gasteiger partial charge in [-0.1, -0.05) is 17.7 Å². The van der Waals surface area contributed by atoms with Crippen LogP contribution in [0.25, 0.3) is 27.9 Å². The molecule has 2 aromatic carbocycles. The van der Waals surface area contributed by atoms with Crippen LogP contribution in [-0.4, -0.2) is 50.6 Å². The number of phenols is 1. The molecule has 0 radical (unpaired) electrons. The molecule has 1 aliphatic heterocycles. The zero-order chi connectivity index (χ0) is 23.8. The molecule has 3 heterocycles. The number of nitrogens with one attached hydrogen (secondary N) is 1. The predicted molar refractivity (Wildman–Crippen MR) is 129 cm³/mol. The average Bonchev–Trinajstić information content (AvgIpc) is 3.18. The first-order valence-corrected chi connectivity index (χ1v) is 11.2. The van der Waals surface area contributed by atoms with E-state index in [4.69, 9.17) is 11.6 Å². The van der Waals surface area contributed by atoms with Crippen molar-refractivity contribution in [2.45, 2.75) is 0 Å². The van der Waals surface area contributed by atoms with Crippen molar-refractivity contribution in [2.24, 2.45) is 7.05 Å². The molecular weight excluding hydrogens is 459 g/mol. The van der Waals surface area contributed by atoms with E-state index in [0.717, 1.165) is 32.0 Å². The lowest BCUT2D eigenvalue weighted by atomic mass is 9.97. The highest BCUT2D eigenvalue weighted by molar-refractivity contribution is 6.32. The monoisotopic (exact) mass is 480 g/mol. The number of piperazine rings is 1. The van der Waals surface area contributed by atoms with Crippen molar-refractivity contribution in [3.63, 3.8) is 0 Å². The molecule has 0 atom stereocenters. The Labute approximate surface area is 199 Å². The molecule has 2 aromatic heterocycles. The number of aromatic hydroxyl groups is 1. The largest absolute Gasteiger partial charge is 0.507 e. The molecular formula is C24H22ClFN6O2. The molecule has 1 aliphatic rings. The summed E-state index contributed by atoms with van der Waals surface area (Å²) in [5.41, 5.74) is 1.86. The van der Waals surface area contributed by atoms with Crippen LogP contribution in [0.5, 0.6) is 5.75 Å². The summed E-state index contributed by atoms with van der Waals surface area (Å²) >= 11 is 6.45. The highest BCUT2D eigenvalue weighted by Crippen LogP contribution is 2.40. The van der Waals surface area contributed by atoms with Crippen LogP contribution in [0.4, 0.5) is 10.2 Å². The van der Waals surface area contributed by atoms with E-state index >= 15 is 0 Å². The molecule has 8 nitrogen and oxygen atoms in total. The first-order chi connectivity index (χ1) is 16.4. The van der Waals surface area contributed by atoms with Gasteiger partial charge in [0, 0.05) is 50.6 Å². The van der Waals surface area contributed by atoms with Gasteiger partial charge in [-0.3, -0.25) is 4.57 Å². The summed E-state index contributed by atoms with van der Waals surface area (Å²) in [6, 6.07) is 11.0. The maximum atomic E-state index is 14.7. The van der Waals surface area contributed by atoms with Gasteiger partial charge in [-0.15, -0.1) is 0 Å². The van der Waals surface area contributed by atoms with E-state index in [-0.39, 0.29) is 22.0 Å². The van der Waals surface area contributed by atoms with E-state index in [1.807, 2.05) is 6.07 Å². The Bertz CT molecular complexity index is 1430. The van der Waals surface area contributed by atoms with E-state index < -0.39 is 5.82 Å². The van der Waals surface area contributed by atoms with Crippen molar-refractivity contribution in [2.75, 3.05) is 31.1 Å². The quantitative estimate of drug-likeness (QED) is 0.466. The lowest BCUT2D eigenvalue weighted by Crippen LogP contribution is -2.43. The van der Waals surface area contributed by atoms with E-state index in [1.165, 1.54) is 27.7 Å². The minimum Gasteiger partial charge on any atom is -0.507 e. The number of benzene rings is 2. The van der Waals surface area contributed by atoms with Crippen LogP contribution in [0, 0.1) is 5.82 Å². The number of aromatic nitrogens is 4. The zero-order valence-electron chi connectivity index (χ0n) is 18.4. The van der Waals surface area contributed by atoms with Crippen LogP contribution < -0.4 is 15.9 Å². The van der Waals surface area contributed by atoms with Gasteiger partial charge in [0.15, 0.2) is 0 Å². The van der Waals surface area contributed by atoms with Crippen LogP contribution >= 0.6 is 11.6 Å². The van der Waals surface area contributed by atoms with Crippen LogP contribution in [0.3, 0.4) is 0 Å². The summed E-state index contributed by atoms with van der Waals surface area (Å²) in [7, 11) is 1.59. The minimum atomic E-state index is -0.496. The maximum absolute atomic E-state index is 14.7. The smallest absolute Gasteiger partial charge is 0.350 e. The fourth-order valence-corrected chi connectivity index (χ4v) is 4.34. The molecule has 0 bridgehead atoms. The third-order valence-electron chi connectivity index (χ3n) is 5.88. The Kier molecular flexibility index (Phi) is 5.80. The second-order valence-electron chi connectivity index (χ2n) is 8.09. The summed E-state index contributed by atoms with van der Waals surface area (Å²) in [6.07, 6.45) is 3.05. The van der Waals surface area contributed by atoms with Crippen molar-refractivity contribution >= 4 is 17.4 Å². The van der Waals surface area contributed by atoms with Crippen molar-refractivity contribution < 1.29 is 9.50 Å². The lowest BCUT2D eigenvalue weighted by Gasteiger charge is -2.28. The molecule has 0 amide bonds. The number of aryl methyl sites for hydroxylation is 1. The fraction of sp³-hybridized carbons (Fsp3) is 0.208. The number of rotatable bonds is 4. The first kappa shape index (κ1) is 22.1. The Morgan fingerprint density at radius 2 is 1.76 bits per heavy atom. The van der Waals surface area contributed by atoms with Gasteiger partial charge in [0.05, 0.1) is 10.7 Å². The molecule has 1 saturated heterocycles. The van der Waals surface area contributed by atoms with Crippen molar-refractivity contribution in [3.05, 3.63) is 76.3 Å². The average molecular weight is 481 g/mol.